The minimum absolute atomic E-state index is 0.0811. The van der Waals surface area contributed by atoms with Gasteiger partial charge in [0.2, 0.25) is 10.2 Å². The molecule has 7 heterocycles. The van der Waals surface area contributed by atoms with Gasteiger partial charge in [-0.3, -0.25) is 9.59 Å². The first-order valence-corrected chi connectivity index (χ1v) is 19.9. The molecule has 51 heavy (non-hydrogen) atoms. The highest BCUT2D eigenvalue weighted by molar-refractivity contribution is 8.16. The molecule has 0 amide bonds. The third-order valence-corrected chi connectivity index (χ3v) is 13.7. The fourth-order valence-corrected chi connectivity index (χ4v) is 11.1. The van der Waals surface area contributed by atoms with E-state index < -0.39 is 0 Å². The third-order valence-electron chi connectivity index (χ3n) is 9.00. The van der Waals surface area contributed by atoms with Crippen molar-refractivity contribution in [3.63, 3.8) is 0 Å². The molecular formula is C40H22N2O4S5. The molecule has 0 fully saturated rings. The van der Waals surface area contributed by atoms with Crippen LogP contribution in [0.4, 0.5) is 0 Å². The summed E-state index contributed by atoms with van der Waals surface area (Å²) >= 11 is 6.92. The van der Waals surface area contributed by atoms with Gasteiger partial charge in [0.1, 0.15) is 34.1 Å². The minimum atomic E-state index is -0.104. The number of carbonyl (C=O) groups is 2. The second kappa shape index (κ2) is 11.9. The molecule has 246 valence electrons. The SMILES string of the molecule is Cc1ccc2c(c1)SC(=O)/C2=C1/C(=O)Sc2cc(-c3ccc(-c4ccc(-c5ccc(-c6ccc(-c7ccc(C)o7)s6)c6nsnc56)s4)o3)ccc21. The molecule has 2 aliphatic rings. The Morgan fingerprint density at radius 3 is 1.67 bits per heavy atom. The smallest absolute Gasteiger partial charge is 0.225 e. The van der Waals surface area contributed by atoms with Crippen molar-refractivity contribution in [1.82, 2.24) is 8.75 Å². The number of aryl methyl sites for hydroxylation is 2. The van der Waals surface area contributed by atoms with Crippen molar-refractivity contribution in [3.05, 3.63) is 120 Å². The van der Waals surface area contributed by atoms with Crippen LogP contribution in [0.3, 0.4) is 0 Å². The van der Waals surface area contributed by atoms with Crippen LogP contribution >= 0.6 is 57.9 Å². The van der Waals surface area contributed by atoms with Crippen LogP contribution in [-0.2, 0) is 9.59 Å². The number of carbonyl (C=O) groups excluding carboxylic acids is 2. The predicted molar refractivity (Wildman–Crippen MR) is 209 cm³/mol. The molecule has 0 N–H and O–H groups in total. The van der Waals surface area contributed by atoms with Crippen molar-refractivity contribution in [2.24, 2.45) is 0 Å². The van der Waals surface area contributed by atoms with E-state index in [1.807, 2.05) is 74.5 Å². The fraction of sp³-hybridized carbons (Fsp3) is 0.0500. The Morgan fingerprint density at radius 2 is 1.04 bits per heavy atom. The van der Waals surface area contributed by atoms with E-state index in [-0.39, 0.29) is 10.2 Å². The van der Waals surface area contributed by atoms with E-state index in [4.69, 9.17) is 17.6 Å². The molecule has 0 radical (unpaired) electrons. The number of aromatic nitrogens is 2. The summed E-state index contributed by atoms with van der Waals surface area (Å²) in [5.41, 5.74) is 8.45. The van der Waals surface area contributed by atoms with Gasteiger partial charge in [-0.15, -0.1) is 22.7 Å². The van der Waals surface area contributed by atoms with Crippen LogP contribution in [0, 0.1) is 13.8 Å². The second-order valence-corrected chi connectivity index (χ2v) is 17.0. The molecule has 11 heteroatoms. The van der Waals surface area contributed by atoms with Gasteiger partial charge >= 0.3 is 0 Å². The standard InChI is InChI=1S/C40H22N2O4S5/c1-19-3-6-22-33(17-19)49-39(43)35(22)36-23-7-5-21(18-34(23)50-40(36)44)26-11-12-28(46-26)32-16-14-30(48-32)25-9-8-24(37-38(25)42-51-41-37)29-13-15-31(47-29)27-10-4-20(2)45-27/h3-18H,1-2H3/b36-35+. The summed E-state index contributed by atoms with van der Waals surface area (Å²) in [7, 11) is 0. The highest BCUT2D eigenvalue weighted by atomic mass is 32.2. The lowest BCUT2D eigenvalue weighted by Gasteiger charge is -2.06. The number of thioether (sulfide) groups is 2. The quantitative estimate of drug-likeness (QED) is 0.161. The molecule has 0 unspecified atom stereocenters. The van der Waals surface area contributed by atoms with E-state index in [1.54, 1.807) is 22.7 Å². The summed E-state index contributed by atoms with van der Waals surface area (Å²) in [4.78, 5) is 32.4. The van der Waals surface area contributed by atoms with Gasteiger partial charge in [-0.1, -0.05) is 36.4 Å². The Labute approximate surface area is 312 Å². The molecule has 0 aliphatic carbocycles. The first kappa shape index (κ1) is 31.0. The van der Waals surface area contributed by atoms with E-state index in [9.17, 15) is 9.59 Å². The number of nitrogens with zero attached hydrogens (tertiary/aromatic N) is 2. The summed E-state index contributed by atoms with van der Waals surface area (Å²) in [5, 5.41) is -0.185. The second-order valence-electron chi connectivity index (χ2n) is 12.3. The predicted octanol–water partition coefficient (Wildman–Crippen LogP) is 12.1. The number of furan rings is 2. The van der Waals surface area contributed by atoms with Crippen molar-refractivity contribution in [1.29, 1.82) is 0 Å². The van der Waals surface area contributed by atoms with Crippen molar-refractivity contribution in [2.45, 2.75) is 23.6 Å². The largest absolute Gasteiger partial charge is 0.461 e. The van der Waals surface area contributed by atoms with Crippen LogP contribution in [0.2, 0.25) is 0 Å². The zero-order chi connectivity index (χ0) is 34.4. The molecule has 0 saturated heterocycles. The summed E-state index contributed by atoms with van der Waals surface area (Å²) in [6.45, 7) is 3.96. The average molecular weight is 755 g/mol. The molecule has 5 aromatic heterocycles. The summed E-state index contributed by atoms with van der Waals surface area (Å²) < 4.78 is 21.6. The van der Waals surface area contributed by atoms with Gasteiger partial charge in [0.15, 0.2) is 0 Å². The topological polar surface area (TPSA) is 86.2 Å². The summed E-state index contributed by atoms with van der Waals surface area (Å²) in [6, 6.07) is 32.4. The van der Waals surface area contributed by atoms with Crippen molar-refractivity contribution >= 4 is 90.3 Å². The van der Waals surface area contributed by atoms with E-state index in [2.05, 4.69) is 36.4 Å². The van der Waals surface area contributed by atoms with E-state index in [0.717, 1.165) is 91.0 Å². The zero-order valence-corrected chi connectivity index (χ0v) is 30.9. The molecule has 0 atom stereocenters. The van der Waals surface area contributed by atoms with Gasteiger partial charge in [-0.05, 0) is 104 Å². The summed E-state index contributed by atoms with van der Waals surface area (Å²) in [6.07, 6.45) is 0. The van der Waals surface area contributed by atoms with E-state index in [1.165, 1.54) is 35.3 Å². The fourth-order valence-electron chi connectivity index (χ4n) is 6.57. The zero-order valence-electron chi connectivity index (χ0n) is 26.8. The number of hydrogen-bond acceptors (Lipinski definition) is 11. The molecule has 0 saturated carbocycles. The number of thiophene rings is 2. The van der Waals surface area contributed by atoms with Gasteiger partial charge < -0.3 is 8.83 Å². The Balaban J connectivity index is 0.938. The monoisotopic (exact) mass is 754 g/mol. The Morgan fingerprint density at radius 1 is 0.510 bits per heavy atom. The van der Waals surface area contributed by atoms with Crippen LogP contribution in [0.5, 0.6) is 0 Å². The van der Waals surface area contributed by atoms with E-state index in [0.29, 0.717) is 16.9 Å². The van der Waals surface area contributed by atoms with Crippen molar-refractivity contribution in [2.75, 3.05) is 0 Å². The number of benzene rings is 3. The molecule has 2 aliphatic heterocycles. The molecular weight excluding hydrogens is 733 g/mol. The van der Waals surface area contributed by atoms with Gasteiger partial charge in [0.05, 0.1) is 21.5 Å². The van der Waals surface area contributed by atoms with Gasteiger partial charge in [0.25, 0.3) is 0 Å². The lowest BCUT2D eigenvalue weighted by molar-refractivity contribution is -0.107. The van der Waals surface area contributed by atoms with Gasteiger partial charge in [-0.2, -0.15) is 8.75 Å². The highest BCUT2D eigenvalue weighted by Crippen LogP contribution is 2.51. The van der Waals surface area contributed by atoms with E-state index >= 15 is 0 Å². The number of fused-ring (bicyclic) bond motifs is 3. The van der Waals surface area contributed by atoms with Crippen LogP contribution < -0.4 is 0 Å². The van der Waals surface area contributed by atoms with Crippen LogP contribution in [0.25, 0.3) is 75.7 Å². The maximum absolute atomic E-state index is 13.3. The van der Waals surface area contributed by atoms with Crippen molar-refractivity contribution in [3.8, 4) is 53.5 Å². The molecule has 6 nitrogen and oxygen atoms in total. The van der Waals surface area contributed by atoms with Gasteiger partial charge in [-0.25, -0.2) is 0 Å². The minimum Gasteiger partial charge on any atom is -0.461 e. The lowest BCUT2D eigenvalue weighted by atomic mass is 9.95. The molecule has 10 rings (SSSR count). The molecule has 0 spiro atoms. The lowest BCUT2D eigenvalue weighted by Crippen LogP contribution is -1.99. The first-order chi connectivity index (χ1) is 24.9. The number of rotatable bonds is 5. The van der Waals surface area contributed by atoms with Gasteiger partial charge in [0, 0.05) is 58.5 Å². The van der Waals surface area contributed by atoms with Crippen LogP contribution in [0.15, 0.2) is 116 Å². The average Bonchev–Trinajstić information content (AvgIpc) is 3.96. The third kappa shape index (κ3) is 5.14. The Hall–Kier alpha value is -4.78. The Bertz CT molecular complexity index is 2790. The molecule has 8 aromatic rings. The highest BCUT2D eigenvalue weighted by Gasteiger charge is 2.36. The van der Waals surface area contributed by atoms with Crippen molar-refractivity contribution < 1.29 is 18.4 Å². The normalized spacial score (nSPS) is 15.3. The Kier molecular flexibility index (Phi) is 7.23. The molecule has 3 aromatic carbocycles. The first-order valence-electron chi connectivity index (χ1n) is 15.9. The number of hydrogen-bond donors (Lipinski definition) is 0. The molecule has 0 bridgehead atoms. The maximum Gasteiger partial charge on any atom is 0.225 e. The van der Waals surface area contributed by atoms with Crippen LogP contribution in [-0.4, -0.2) is 19.0 Å². The maximum atomic E-state index is 13.3. The van der Waals surface area contributed by atoms with Crippen LogP contribution in [0.1, 0.15) is 22.5 Å². The summed E-state index contributed by atoms with van der Waals surface area (Å²) in [5.74, 6) is 3.23.